The average Bonchev–Trinajstić information content (AvgIpc) is 2.73. The molecule has 0 amide bonds. The molecule has 0 atom stereocenters. The van der Waals surface area contributed by atoms with Gasteiger partial charge in [-0.25, -0.2) is 9.78 Å². The number of unbranched alkanes of at least 4 members (excludes halogenated alkanes) is 1. The predicted octanol–water partition coefficient (Wildman–Crippen LogP) is 1.30. The number of nitrogens with one attached hydrogen (secondary N) is 1. The third-order valence-electron chi connectivity index (χ3n) is 1.87. The van der Waals surface area contributed by atoms with Gasteiger partial charge in [0.1, 0.15) is 6.61 Å². The minimum Gasteiger partial charge on any atom is -0.460 e. The second-order valence-corrected chi connectivity index (χ2v) is 3.23. The molecule has 0 aliphatic rings. The molecule has 0 aliphatic carbocycles. The van der Waals surface area contributed by atoms with Gasteiger partial charge in [0.25, 0.3) is 5.82 Å². The largest absolute Gasteiger partial charge is 0.460 e. The molecule has 0 aromatic carbocycles. The molecular weight excluding hydrogens is 210 g/mol. The molecule has 1 N–H and O–H groups in total. The van der Waals surface area contributed by atoms with Crippen molar-refractivity contribution in [3.8, 4) is 0 Å². The molecule has 6 nitrogen and oxygen atoms in total. The summed E-state index contributed by atoms with van der Waals surface area (Å²) < 4.78 is 10.1. The predicted molar refractivity (Wildman–Crippen MR) is 56.9 cm³/mol. The van der Waals surface area contributed by atoms with Crippen molar-refractivity contribution >= 4 is 5.97 Å². The smallest absolute Gasteiger partial charge is 0.378 e. The molecule has 1 aromatic heterocycles. The fourth-order valence-electron chi connectivity index (χ4n) is 1.06. The van der Waals surface area contributed by atoms with Crippen LogP contribution in [0.2, 0.25) is 0 Å². The van der Waals surface area contributed by atoms with Crippen molar-refractivity contribution in [1.29, 1.82) is 0 Å². The molecule has 1 heterocycles. The fraction of sp³-hybridized carbons (Fsp3) is 0.700. The molecule has 0 spiro atoms. The Balaban J connectivity index is 2.36. The Labute approximate surface area is 94.4 Å². The van der Waals surface area contributed by atoms with Crippen LogP contribution in [0.25, 0.3) is 0 Å². The summed E-state index contributed by atoms with van der Waals surface area (Å²) in [6.07, 6.45) is 2.10. The SMILES string of the molecule is CCCCOCc1nc(C(=O)OCC)n[nH]1. The van der Waals surface area contributed by atoms with Crippen LogP contribution in [0.1, 0.15) is 43.1 Å². The highest BCUT2D eigenvalue weighted by molar-refractivity contribution is 5.84. The molecule has 0 bridgehead atoms. The number of carbonyl (C=O) groups excluding carboxylic acids is 1. The Morgan fingerprint density at radius 2 is 2.25 bits per heavy atom. The maximum atomic E-state index is 11.2. The van der Waals surface area contributed by atoms with Crippen LogP contribution in [-0.2, 0) is 16.1 Å². The lowest BCUT2D eigenvalue weighted by molar-refractivity contribution is 0.0512. The minimum absolute atomic E-state index is 0.0518. The van der Waals surface area contributed by atoms with Crippen LogP contribution in [0.4, 0.5) is 0 Å². The summed E-state index contributed by atoms with van der Waals surface area (Å²) in [6, 6.07) is 0. The van der Waals surface area contributed by atoms with Gasteiger partial charge in [-0.3, -0.25) is 5.10 Å². The first-order valence-corrected chi connectivity index (χ1v) is 5.44. The van der Waals surface area contributed by atoms with Crippen molar-refractivity contribution in [2.75, 3.05) is 13.2 Å². The van der Waals surface area contributed by atoms with E-state index in [1.54, 1.807) is 6.92 Å². The van der Waals surface area contributed by atoms with E-state index in [-0.39, 0.29) is 5.82 Å². The molecule has 6 heteroatoms. The Morgan fingerprint density at radius 3 is 2.94 bits per heavy atom. The highest BCUT2D eigenvalue weighted by Gasteiger charge is 2.12. The van der Waals surface area contributed by atoms with Gasteiger partial charge in [0, 0.05) is 6.61 Å². The van der Waals surface area contributed by atoms with Crippen LogP contribution in [0.3, 0.4) is 0 Å². The van der Waals surface area contributed by atoms with Gasteiger partial charge < -0.3 is 9.47 Å². The first kappa shape index (κ1) is 12.6. The number of aromatic nitrogens is 3. The molecule has 1 aromatic rings. The number of carbonyl (C=O) groups is 1. The van der Waals surface area contributed by atoms with Gasteiger partial charge in [-0.15, -0.1) is 5.10 Å². The highest BCUT2D eigenvalue weighted by atomic mass is 16.5. The Hall–Kier alpha value is -1.43. The van der Waals surface area contributed by atoms with E-state index >= 15 is 0 Å². The number of ether oxygens (including phenoxy) is 2. The van der Waals surface area contributed by atoms with E-state index in [1.807, 2.05) is 0 Å². The van der Waals surface area contributed by atoms with E-state index in [0.29, 0.717) is 25.6 Å². The Kier molecular flexibility index (Phi) is 5.49. The normalized spacial score (nSPS) is 10.4. The lowest BCUT2D eigenvalue weighted by Crippen LogP contribution is -2.06. The van der Waals surface area contributed by atoms with Gasteiger partial charge in [-0.2, -0.15) is 0 Å². The number of hydrogen-bond acceptors (Lipinski definition) is 5. The second-order valence-electron chi connectivity index (χ2n) is 3.23. The molecule has 0 saturated carbocycles. The summed E-state index contributed by atoms with van der Waals surface area (Å²) >= 11 is 0. The van der Waals surface area contributed by atoms with Crippen LogP contribution in [0.15, 0.2) is 0 Å². The van der Waals surface area contributed by atoms with Crippen LogP contribution in [-0.4, -0.2) is 34.4 Å². The molecule has 0 unspecified atom stereocenters. The summed E-state index contributed by atoms with van der Waals surface area (Å²) in [6.45, 7) is 5.17. The fourth-order valence-corrected chi connectivity index (χ4v) is 1.06. The number of hydrogen-bond donors (Lipinski definition) is 1. The Morgan fingerprint density at radius 1 is 1.44 bits per heavy atom. The van der Waals surface area contributed by atoms with E-state index in [2.05, 4.69) is 22.1 Å². The second kappa shape index (κ2) is 6.95. The summed E-state index contributed by atoms with van der Waals surface area (Å²) in [5, 5.41) is 6.38. The molecular formula is C10H17N3O3. The highest BCUT2D eigenvalue weighted by Crippen LogP contribution is 1.98. The van der Waals surface area contributed by atoms with Crippen LogP contribution < -0.4 is 0 Å². The molecule has 90 valence electrons. The van der Waals surface area contributed by atoms with E-state index in [4.69, 9.17) is 9.47 Å². The molecule has 0 aliphatic heterocycles. The van der Waals surface area contributed by atoms with Gasteiger partial charge in [0.05, 0.1) is 6.61 Å². The molecule has 0 fully saturated rings. The molecule has 0 radical (unpaired) electrons. The van der Waals surface area contributed by atoms with Crippen molar-refractivity contribution in [1.82, 2.24) is 15.2 Å². The van der Waals surface area contributed by atoms with Gasteiger partial charge >= 0.3 is 5.97 Å². The van der Waals surface area contributed by atoms with Crippen molar-refractivity contribution in [3.05, 3.63) is 11.6 Å². The average molecular weight is 227 g/mol. The third-order valence-corrected chi connectivity index (χ3v) is 1.87. The van der Waals surface area contributed by atoms with E-state index in [1.165, 1.54) is 0 Å². The third kappa shape index (κ3) is 3.98. The number of esters is 1. The number of rotatable bonds is 7. The minimum atomic E-state index is -0.515. The van der Waals surface area contributed by atoms with Gasteiger partial charge in [0.2, 0.25) is 0 Å². The van der Waals surface area contributed by atoms with Crippen LogP contribution in [0, 0.1) is 0 Å². The van der Waals surface area contributed by atoms with Crippen molar-refractivity contribution < 1.29 is 14.3 Å². The lowest BCUT2D eigenvalue weighted by Gasteiger charge is -1.98. The summed E-state index contributed by atoms with van der Waals surface area (Å²) in [4.78, 5) is 15.2. The standard InChI is InChI=1S/C10H17N3O3/c1-3-5-6-15-7-8-11-9(13-12-8)10(14)16-4-2/h3-7H2,1-2H3,(H,11,12,13). The van der Waals surface area contributed by atoms with Gasteiger partial charge in [-0.1, -0.05) is 13.3 Å². The number of nitrogens with zero attached hydrogens (tertiary/aromatic N) is 2. The molecule has 0 saturated heterocycles. The zero-order valence-corrected chi connectivity index (χ0v) is 9.65. The zero-order valence-electron chi connectivity index (χ0n) is 9.65. The number of H-pyrrole nitrogens is 1. The van der Waals surface area contributed by atoms with Crippen molar-refractivity contribution in [2.24, 2.45) is 0 Å². The summed E-state index contributed by atoms with van der Waals surface area (Å²) in [5.41, 5.74) is 0. The zero-order chi connectivity index (χ0) is 11.8. The van der Waals surface area contributed by atoms with E-state index in [0.717, 1.165) is 12.8 Å². The maximum Gasteiger partial charge on any atom is 0.378 e. The van der Waals surface area contributed by atoms with Crippen LogP contribution in [0.5, 0.6) is 0 Å². The van der Waals surface area contributed by atoms with Crippen molar-refractivity contribution in [2.45, 2.75) is 33.3 Å². The van der Waals surface area contributed by atoms with Crippen LogP contribution >= 0.6 is 0 Å². The summed E-state index contributed by atoms with van der Waals surface area (Å²) in [5.74, 6) is 0.0775. The maximum absolute atomic E-state index is 11.2. The quantitative estimate of drug-likeness (QED) is 0.561. The first-order valence-electron chi connectivity index (χ1n) is 5.44. The van der Waals surface area contributed by atoms with E-state index in [9.17, 15) is 4.79 Å². The lowest BCUT2D eigenvalue weighted by atomic mass is 10.4. The van der Waals surface area contributed by atoms with Crippen molar-refractivity contribution in [3.63, 3.8) is 0 Å². The van der Waals surface area contributed by atoms with Gasteiger partial charge in [-0.05, 0) is 13.3 Å². The first-order chi connectivity index (χ1) is 7.77. The number of aromatic amines is 1. The summed E-state index contributed by atoms with van der Waals surface area (Å²) in [7, 11) is 0. The van der Waals surface area contributed by atoms with E-state index < -0.39 is 5.97 Å². The molecule has 1 rings (SSSR count). The monoisotopic (exact) mass is 227 g/mol. The molecule has 16 heavy (non-hydrogen) atoms. The topological polar surface area (TPSA) is 77.1 Å². The Bertz CT molecular complexity index is 325. The van der Waals surface area contributed by atoms with Gasteiger partial charge in [0.15, 0.2) is 5.82 Å².